The summed E-state index contributed by atoms with van der Waals surface area (Å²) in [4.78, 5) is 27.5. The van der Waals surface area contributed by atoms with Crippen LogP contribution in [0, 0.1) is 6.92 Å². The molecule has 1 unspecified atom stereocenters. The highest BCUT2D eigenvalue weighted by atomic mass is 35.5. The number of amides is 1. The number of anilines is 1. The molecule has 150 valence electrons. The third-order valence-electron chi connectivity index (χ3n) is 5.12. The minimum absolute atomic E-state index is 0.00522. The van der Waals surface area contributed by atoms with Crippen LogP contribution >= 0.6 is 11.6 Å². The number of phenolic OH excluding ortho intramolecular Hbond substituents is 1. The van der Waals surface area contributed by atoms with Crippen LogP contribution < -0.4 is 4.90 Å². The van der Waals surface area contributed by atoms with Gasteiger partial charge in [-0.15, -0.1) is 0 Å². The number of para-hydroxylation sites is 1. The van der Waals surface area contributed by atoms with Gasteiger partial charge < -0.3 is 10.2 Å². The van der Waals surface area contributed by atoms with Gasteiger partial charge in [-0.1, -0.05) is 41.9 Å². The van der Waals surface area contributed by atoms with Gasteiger partial charge in [0.15, 0.2) is 0 Å². The van der Waals surface area contributed by atoms with E-state index in [9.17, 15) is 19.8 Å². The second-order valence-electron chi connectivity index (χ2n) is 7.06. The van der Waals surface area contributed by atoms with Crippen molar-refractivity contribution in [2.24, 2.45) is 0 Å². The predicted octanol–water partition coefficient (Wildman–Crippen LogP) is 4.98. The van der Waals surface area contributed by atoms with Gasteiger partial charge in [0.1, 0.15) is 11.5 Å². The summed E-state index contributed by atoms with van der Waals surface area (Å²) in [7, 11) is 0. The lowest BCUT2D eigenvalue weighted by atomic mass is 9.95. The Hall–Kier alpha value is -3.57. The van der Waals surface area contributed by atoms with E-state index in [0.717, 1.165) is 5.56 Å². The number of Topliss-reactive ketones (excluding diaryl/α,β-unsaturated/α-hetero) is 1. The van der Waals surface area contributed by atoms with E-state index in [1.54, 1.807) is 48.5 Å². The summed E-state index contributed by atoms with van der Waals surface area (Å²) >= 11 is 5.94. The number of phenols is 1. The molecule has 0 spiro atoms. The van der Waals surface area contributed by atoms with Crippen LogP contribution in [0.15, 0.2) is 78.4 Å². The van der Waals surface area contributed by atoms with Crippen LogP contribution in [0.2, 0.25) is 5.02 Å². The van der Waals surface area contributed by atoms with Gasteiger partial charge in [0.2, 0.25) is 0 Å². The van der Waals surface area contributed by atoms with E-state index in [2.05, 4.69) is 0 Å². The molecule has 4 rings (SSSR count). The number of aromatic hydroxyl groups is 1. The normalized spacial score (nSPS) is 18.1. The van der Waals surface area contributed by atoms with Crippen molar-refractivity contribution in [3.8, 4) is 5.75 Å². The smallest absolute Gasteiger partial charge is 0.300 e. The first-order chi connectivity index (χ1) is 14.4. The van der Waals surface area contributed by atoms with E-state index in [1.807, 2.05) is 19.1 Å². The number of aliphatic hydroxyl groups is 1. The van der Waals surface area contributed by atoms with Crippen molar-refractivity contribution in [3.63, 3.8) is 0 Å². The van der Waals surface area contributed by atoms with Gasteiger partial charge in [-0.05, 0) is 60.5 Å². The first kappa shape index (κ1) is 19.7. The number of hydrogen-bond acceptors (Lipinski definition) is 4. The Bertz CT molecular complexity index is 1180. The Kier molecular flexibility index (Phi) is 5.06. The zero-order chi connectivity index (χ0) is 21.4. The Morgan fingerprint density at radius 1 is 0.967 bits per heavy atom. The van der Waals surface area contributed by atoms with Crippen LogP contribution in [0.25, 0.3) is 5.76 Å². The molecule has 5 nitrogen and oxygen atoms in total. The maximum atomic E-state index is 13.1. The van der Waals surface area contributed by atoms with Crippen molar-refractivity contribution in [1.82, 2.24) is 0 Å². The van der Waals surface area contributed by atoms with Crippen LogP contribution in [-0.4, -0.2) is 21.9 Å². The van der Waals surface area contributed by atoms with Gasteiger partial charge in [-0.2, -0.15) is 0 Å². The Labute approximate surface area is 178 Å². The van der Waals surface area contributed by atoms with Crippen LogP contribution in [-0.2, 0) is 9.59 Å². The maximum absolute atomic E-state index is 13.1. The summed E-state index contributed by atoms with van der Waals surface area (Å²) < 4.78 is 0. The molecule has 3 aromatic rings. The molecule has 1 aliphatic heterocycles. The lowest BCUT2D eigenvalue weighted by Crippen LogP contribution is -2.30. The summed E-state index contributed by atoms with van der Waals surface area (Å²) in [5.74, 6) is -1.84. The lowest BCUT2D eigenvalue weighted by molar-refractivity contribution is -0.132. The predicted molar refractivity (Wildman–Crippen MR) is 116 cm³/mol. The highest BCUT2D eigenvalue weighted by Gasteiger charge is 2.47. The van der Waals surface area contributed by atoms with Gasteiger partial charge >= 0.3 is 0 Å². The van der Waals surface area contributed by atoms with E-state index >= 15 is 0 Å². The van der Waals surface area contributed by atoms with Crippen LogP contribution in [0.3, 0.4) is 0 Å². The van der Waals surface area contributed by atoms with Crippen molar-refractivity contribution >= 4 is 34.7 Å². The number of carbonyl (C=O) groups is 2. The van der Waals surface area contributed by atoms with Gasteiger partial charge in [0, 0.05) is 16.3 Å². The highest BCUT2D eigenvalue weighted by Crippen LogP contribution is 2.43. The topological polar surface area (TPSA) is 77.8 Å². The number of hydrogen-bond donors (Lipinski definition) is 2. The average Bonchev–Trinajstić information content (AvgIpc) is 2.99. The number of rotatable bonds is 3. The van der Waals surface area contributed by atoms with Crippen molar-refractivity contribution < 1.29 is 19.8 Å². The van der Waals surface area contributed by atoms with Crippen LogP contribution in [0.5, 0.6) is 5.75 Å². The molecule has 1 fully saturated rings. The zero-order valence-electron chi connectivity index (χ0n) is 16.0. The Morgan fingerprint density at radius 2 is 1.67 bits per heavy atom. The third kappa shape index (κ3) is 3.33. The number of nitrogens with zero attached hydrogens (tertiary/aromatic N) is 1. The number of aryl methyl sites for hydroxylation is 1. The first-order valence-corrected chi connectivity index (χ1v) is 9.68. The van der Waals surface area contributed by atoms with Crippen molar-refractivity contribution in [1.29, 1.82) is 0 Å². The van der Waals surface area contributed by atoms with E-state index in [0.29, 0.717) is 21.8 Å². The number of ketones is 1. The fraction of sp³-hybridized carbons (Fsp3) is 0.0833. The van der Waals surface area contributed by atoms with E-state index < -0.39 is 17.7 Å². The quantitative estimate of drug-likeness (QED) is 0.356. The number of carbonyl (C=O) groups excluding carboxylic acids is 2. The number of aliphatic hydroxyl groups excluding tert-OH is 1. The minimum Gasteiger partial charge on any atom is -0.508 e. The molecule has 0 aliphatic carbocycles. The SMILES string of the molecule is Cc1ccccc1N1C(=O)C(=O)/C(=C(\O)c2ccc(Cl)cc2)C1c1cccc(O)c1. The summed E-state index contributed by atoms with van der Waals surface area (Å²) in [5, 5.41) is 21.5. The molecule has 0 saturated carbocycles. The molecule has 30 heavy (non-hydrogen) atoms. The van der Waals surface area contributed by atoms with E-state index in [1.165, 1.54) is 17.0 Å². The molecule has 2 N–H and O–H groups in total. The average molecular weight is 420 g/mol. The molecular weight excluding hydrogens is 402 g/mol. The number of halogens is 1. The Balaban J connectivity index is 1.98. The monoisotopic (exact) mass is 419 g/mol. The largest absolute Gasteiger partial charge is 0.508 e. The van der Waals surface area contributed by atoms with Crippen LogP contribution in [0.1, 0.15) is 22.7 Å². The standard InChI is InChI=1S/C24H18ClNO4/c1-14-5-2-3-8-19(14)26-21(16-6-4-7-18(27)13-16)20(23(29)24(26)30)22(28)15-9-11-17(25)12-10-15/h2-13,21,27-28H,1H3/b22-20-. The summed E-state index contributed by atoms with van der Waals surface area (Å²) in [6.45, 7) is 1.84. The summed E-state index contributed by atoms with van der Waals surface area (Å²) in [6, 6.07) is 19.0. The van der Waals surface area contributed by atoms with Gasteiger partial charge in [-0.25, -0.2) is 0 Å². The molecule has 0 radical (unpaired) electrons. The highest BCUT2D eigenvalue weighted by molar-refractivity contribution is 6.51. The lowest BCUT2D eigenvalue weighted by Gasteiger charge is -2.26. The second-order valence-corrected chi connectivity index (χ2v) is 7.49. The molecule has 0 aromatic heterocycles. The van der Waals surface area contributed by atoms with Crippen LogP contribution in [0.4, 0.5) is 5.69 Å². The Morgan fingerprint density at radius 3 is 2.33 bits per heavy atom. The maximum Gasteiger partial charge on any atom is 0.300 e. The summed E-state index contributed by atoms with van der Waals surface area (Å²) in [5.41, 5.74) is 2.19. The molecule has 6 heteroatoms. The van der Waals surface area contributed by atoms with Crippen molar-refractivity contribution in [3.05, 3.63) is 100 Å². The molecular formula is C24H18ClNO4. The third-order valence-corrected chi connectivity index (χ3v) is 5.37. The van der Waals surface area contributed by atoms with Gasteiger partial charge in [0.05, 0.1) is 11.6 Å². The minimum atomic E-state index is -0.895. The van der Waals surface area contributed by atoms with E-state index in [-0.39, 0.29) is 17.1 Å². The molecule has 1 amide bonds. The van der Waals surface area contributed by atoms with Crippen molar-refractivity contribution in [2.75, 3.05) is 4.90 Å². The summed E-state index contributed by atoms with van der Waals surface area (Å²) in [6.07, 6.45) is 0. The fourth-order valence-electron chi connectivity index (χ4n) is 3.69. The van der Waals surface area contributed by atoms with E-state index in [4.69, 9.17) is 11.6 Å². The molecule has 0 bridgehead atoms. The van der Waals surface area contributed by atoms with Gasteiger partial charge in [0.25, 0.3) is 11.7 Å². The molecule has 1 saturated heterocycles. The molecule has 3 aromatic carbocycles. The van der Waals surface area contributed by atoms with Gasteiger partial charge in [-0.3, -0.25) is 14.5 Å². The van der Waals surface area contributed by atoms with Crippen molar-refractivity contribution in [2.45, 2.75) is 13.0 Å². The molecule has 1 heterocycles. The second kappa shape index (κ2) is 7.69. The zero-order valence-corrected chi connectivity index (χ0v) is 16.8. The fourth-order valence-corrected chi connectivity index (χ4v) is 3.81. The first-order valence-electron chi connectivity index (χ1n) is 9.30. The number of benzene rings is 3. The molecule has 1 atom stereocenters. The molecule has 1 aliphatic rings.